The van der Waals surface area contributed by atoms with Gasteiger partial charge in [-0.25, -0.2) is 0 Å². The lowest BCUT2D eigenvalue weighted by Crippen LogP contribution is -2.43. The number of nitrogens with one attached hydrogen (secondary N) is 1. The van der Waals surface area contributed by atoms with Gasteiger partial charge in [0.05, 0.1) is 6.10 Å². The van der Waals surface area contributed by atoms with E-state index in [0.717, 1.165) is 32.4 Å². The molecule has 6 nitrogen and oxygen atoms in total. The molecule has 1 aliphatic heterocycles. The molecule has 0 aliphatic carbocycles. The van der Waals surface area contributed by atoms with E-state index in [2.05, 4.69) is 23.6 Å². The monoisotopic (exact) mass is 397 g/mol. The van der Waals surface area contributed by atoms with Gasteiger partial charge in [0.1, 0.15) is 0 Å². The Labute approximate surface area is 165 Å². The number of rotatable bonds is 12. The van der Waals surface area contributed by atoms with Crippen LogP contribution in [0.25, 0.3) is 0 Å². The van der Waals surface area contributed by atoms with Crippen LogP contribution >= 0.6 is 0 Å². The molecule has 2 rings (SSSR count). The second-order valence-electron chi connectivity index (χ2n) is 7.25. The molecule has 0 aromatic heterocycles. The quantitative estimate of drug-likeness (QED) is 0.550. The molecule has 0 saturated carbocycles. The summed E-state index contributed by atoms with van der Waals surface area (Å²) in [6.45, 7) is 6.26. The van der Waals surface area contributed by atoms with Gasteiger partial charge < -0.3 is 9.64 Å². The number of ether oxygens (including phenoxy) is 1. The number of benzene rings is 1. The third-order valence-electron chi connectivity index (χ3n) is 5.09. The van der Waals surface area contributed by atoms with Crippen molar-refractivity contribution in [2.75, 3.05) is 44.6 Å². The smallest absolute Gasteiger partial charge is 0.301 e. The average molecular weight is 398 g/mol. The zero-order valence-electron chi connectivity index (χ0n) is 16.8. The third kappa shape index (κ3) is 8.17. The van der Waals surface area contributed by atoms with Gasteiger partial charge in [0.15, 0.2) is 0 Å². The molecule has 7 heteroatoms. The van der Waals surface area contributed by atoms with Gasteiger partial charge in [-0.15, -0.1) is 0 Å². The van der Waals surface area contributed by atoms with Crippen LogP contribution in [0.2, 0.25) is 0 Å². The maximum Gasteiger partial charge on any atom is 0.301 e. The van der Waals surface area contributed by atoms with Crippen molar-refractivity contribution < 1.29 is 13.2 Å². The first-order valence-corrected chi connectivity index (χ1v) is 11.6. The minimum atomic E-state index is -3.48. The van der Waals surface area contributed by atoms with Crippen LogP contribution in [-0.4, -0.2) is 63.6 Å². The summed E-state index contributed by atoms with van der Waals surface area (Å²) in [5.41, 5.74) is 0.598. The Kier molecular flexibility index (Phi) is 9.54. The van der Waals surface area contributed by atoms with Crippen molar-refractivity contribution in [2.45, 2.75) is 51.6 Å². The van der Waals surface area contributed by atoms with E-state index >= 15 is 0 Å². The zero-order valence-corrected chi connectivity index (χ0v) is 17.6. The lowest BCUT2D eigenvalue weighted by molar-refractivity contribution is 0.0193. The van der Waals surface area contributed by atoms with Crippen molar-refractivity contribution >= 4 is 15.9 Å². The highest BCUT2D eigenvalue weighted by Gasteiger charge is 2.28. The first kappa shape index (κ1) is 22.1. The lowest BCUT2D eigenvalue weighted by Gasteiger charge is -2.31. The van der Waals surface area contributed by atoms with E-state index in [1.807, 2.05) is 18.2 Å². The number of unbranched alkanes of at least 4 members (excludes halogenated alkanes) is 3. The normalized spacial score (nSPS) is 16.7. The highest BCUT2D eigenvalue weighted by molar-refractivity contribution is 7.90. The van der Waals surface area contributed by atoms with E-state index in [1.165, 1.54) is 30.1 Å². The Morgan fingerprint density at radius 1 is 1.11 bits per heavy atom. The molecule has 1 aromatic rings. The summed E-state index contributed by atoms with van der Waals surface area (Å²) in [4.78, 5) is 2.34. The molecule has 0 bridgehead atoms. The topological polar surface area (TPSA) is 61.9 Å². The fourth-order valence-corrected chi connectivity index (χ4v) is 4.46. The number of nitrogens with zero attached hydrogens (tertiary/aromatic N) is 2. The van der Waals surface area contributed by atoms with Gasteiger partial charge in [0.2, 0.25) is 0 Å². The van der Waals surface area contributed by atoms with Gasteiger partial charge in [-0.2, -0.15) is 12.7 Å². The lowest BCUT2D eigenvalue weighted by atomic mass is 10.1. The molecule has 1 saturated heterocycles. The molecule has 0 unspecified atom stereocenters. The zero-order chi connectivity index (χ0) is 19.5. The molecule has 1 heterocycles. The Morgan fingerprint density at radius 3 is 2.44 bits per heavy atom. The Bertz CT molecular complexity index is 617. The first-order chi connectivity index (χ1) is 13.0. The average Bonchev–Trinajstić information content (AvgIpc) is 2.68. The van der Waals surface area contributed by atoms with Crippen molar-refractivity contribution in [3.05, 3.63) is 30.3 Å². The van der Waals surface area contributed by atoms with Crippen LogP contribution in [0.15, 0.2) is 30.3 Å². The Hall–Kier alpha value is -1.15. The minimum absolute atomic E-state index is 0.180. The van der Waals surface area contributed by atoms with E-state index in [0.29, 0.717) is 18.8 Å². The largest absolute Gasteiger partial charge is 0.378 e. The standard InChI is InChI=1S/C20H35N3O3S/c1-3-22(2)15-9-4-5-10-18-26-20-13-16-23(17-14-20)27(24,25)21-19-11-7-6-8-12-19/h6-8,11-12,20-21H,3-5,9-10,13-18H2,1-2H3. The molecule has 154 valence electrons. The Balaban J connectivity index is 1.58. The maximum atomic E-state index is 12.5. The summed E-state index contributed by atoms with van der Waals surface area (Å²) in [6.07, 6.45) is 6.48. The van der Waals surface area contributed by atoms with E-state index in [9.17, 15) is 8.42 Å². The summed E-state index contributed by atoms with van der Waals surface area (Å²) >= 11 is 0. The summed E-state index contributed by atoms with van der Waals surface area (Å²) in [7, 11) is -1.32. The van der Waals surface area contributed by atoms with Crippen molar-refractivity contribution in [3.63, 3.8) is 0 Å². The van der Waals surface area contributed by atoms with Crippen LogP contribution in [0.5, 0.6) is 0 Å². The fraction of sp³-hybridized carbons (Fsp3) is 0.700. The van der Waals surface area contributed by atoms with Gasteiger partial charge in [-0.05, 0) is 58.0 Å². The van der Waals surface area contributed by atoms with Crippen LogP contribution in [-0.2, 0) is 14.9 Å². The SMILES string of the molecule is CCN(C)CCCCCCOC1CCN(S(=O)(=O)Nc2ccccc2)CC1. The van der Waals surface area contributed by atoms with Crippen LogP contribution < -0.4 is 4.72 Å². The number of anilines is 1. The molecule has 1 fully saturated rings. The van der Waals surface area contributed by atoms with Crippen molar-refractivity contribution in [2.24, 2.45) is 0 Å². The second kappa shape index (κ2) is 11.6. The minimum Gasteiger partial charge on any atom is -0.378 e. The number of hydrogen-bond acceptors (Lipinski definition) is 4. The molecular weight excluding hydrogens is 362 g/mol. The van der Waals surface area contributed by atoms with Crippen LogP contribution in [0.4, 0.5) is 5.69 Å². The van der Waals surface area contributed by atoms with E-state index in [1.54, 1.807) is 12.1 Å². The molecule has 0 atom stereocenters. The van der Waals surface area contributed by atoms with E-state index in [-0.39, 0.29) is 6.10 Å². The molecule has 1 aromatic carbocycles. The van der Waals surface area contributed by atoms with Gasteiger partial charge in [-0.1, -0.05) is 38.0 Å². The van der Waals surface area contributed by atoms with Crippen LogP contribution in [0.3, 0.4) is 0 Å². The van der Waals surface area contributed by atoms with E-state index in [4.69, 9.17) is 4.74 Å². The van der Waals surface area contributed by atoms with Gasteiger partial charge in [0, 0.05) is 25.4 Å². The number of para-hydroxylation sites is 1. The summed E-state index contributed by atoms with van der Waals surface area (Å²) in [5, 5.41) is 0. The summed E-state index contributed by atoms with van der Waals surface area (Å²) in [5.74, 6) is 0. The number of piperidine rings is 1. The highest BCUT2D eigenvalue weighted by Crippen LogP contribution is 2.19. The molecular formula is C20H35N3O3S. The van der Waals surface area contributed by atoms with Crippen LogP contribution in [0.1, 0.15) is 45.4 Å². The molecule has 0 spiro atoms. The van der Waals surface area contributed by atoms with Crippen molar-refractivity contribution in [3.8, 4) is 0 Å². The maximum absolute atomic E-state index is 12.5. The third-order valence-corrected chi connectivity index (χ3v) is 6.63. The Morgan fingerprint density at radius 2 is 1.78 bits per heavy atom. The fourth-order valence-electron chi connectivity index (χ4n) is 3.20. The van der Waals surface area contributed by atoms with Gasteiger partial charge in [-0.3, -0.25) is 4.72 Å². The van der Waals surface area contributed by atoms with Crippen molar-refractivity contribution in [1.82, 2.24) is 9.21 Å². The van der Waals surface area contributed by atoms with Gasteiger partial charge in [0.25, 0.3) is 0 Å². The predicted molar refractivity (Wildman–Crippen MR) is 111 cm³/mol. The molecule has 27 heavy (non-hydrogen) atoms. The number of hydrogen-bond donors (Lipinski definition) is 1. The second-order valence-corrected chi connectivity index (χ2v) is 8.92. The molecule has 1 N–H and O–H groups in total. The first-order valence-electron chi connectivity index (χ1n) is 10.1. The molecule has 1 aliphatic rings. The van der Waals surface area contributed by atoms with Crippen molar-refractivity contribution in [1.29, 1.82) is 0 Å². The van der Waals surface area contributed by atoms with Gasteiger partial charge >= 0.3 is 10.2 Å². The molecule has 0 amide bonds. The molecule has 0 radical (unpaired) electrons. The highest BCUT2D eigenvalue weighted by atomic mass is 32.2. The van der Waals surface area contributed by atoms with E-state index < -0.39 is 10.2 Å². The van der Waals surface area contributed by atoms with Crippen LogP contribution in [0, 0.1) is 0 Å². The predicted octanol–water partition coefficient (Wildman–Crippen LogP) is 3.34. The summed E-state index contributed by atoms with van der Waals surface area (Å²) < 4.78 is 35.0. The summed E-state index contributed by atoms with van der Waals surface area (Å²) in [6, 6.07) is 9.02.